The molecule has 106 valence electrons. The van der Waals surface area contributed by atoms with Crippen molar-refractivity contribution in [3.8, 4) is 0 Å². The van der Waals surface area contributed by atoms with Gasteiger partial charge in [-0.2, -0.15) is 5.10 Å². The summed E-state index contributed by atoms with van der Waals surface area (Å²) in [4.78, 5) is 12.3. The van der Waals surface area contributed by atoms with Crippen molar-refractivity contribution in [1.82, 2.24) is 9.78 Å². The highest BCUT2D eigenvalue weighted by Gasteiger charge is 2.17. The van der Waals surface area contributed by atoms with Gasteiger partial charge in [-0.15, -0.1) is 0 Å². The van der Waals surface area contributed by atoms with Crippen molar-refractivity contribution < 1.29 is 9.18 Å². The molecule has 0 saturated heterocycles. The third-order valence-corrected chi connectivity index (χ3v) is 3.53. The van der Waals surface area contributed by atoms with E-state index in [-0.39, 0.29) is 22.8 Å². The van der Waals surface area contributed by atoms with E-state index < -0.39 is 5.82 Å². The maximum absolute atomic E-state index is 13.7. The van der Waals surface area contributed by atoms with Crippen LogP contribution in [0, 0.1) is 5.82 Å². The fraction of sp³-hybridized carbons (Fsp3) is 0.333. The summed E-state index contributed by atoms with van der Waals surface area (Å²) in [5.74, 6) is -0.629. The maximum atomic E-state index is 13.7. The van der Waals surface area contributed by atoms with Gasteiger partial charge >= 0.3 is 0 Å². The zero-order valence-electron chi connectivity index (χ0n) is 11.5. The van der Waals surface area contributed by atoms with E-state index in [2.05, 4.69) is 5.10 Å². The first-order valence-corrected chi connectivity index (χ1v) is 6.97. The minimum atomic E-state index is -0.455. The second-order valence-corrected chi connectivity index (χ2v) is 4.90. The van der Waals surface area contributed by atoms with Crippen LogP contribution in [0.3, 0.4) is 0 Å². The summed E-state index contributed by atoms with van der Waals surface area (Å²) < 4.78 is 15.4. The molecule has 0 radical (unpaired) electrons. The van der Waals surface area contributed by atoms with Crippen LogP contribution in [0.1, 0.15) is 35.6 Å². The van der Waals surface area contributed by atoms with Gasteiger partial charge in [0.15, 0.2) is 5.78 Å². The lowest BCUT2D eigenvalue weighted by molar-refractivity contribution is 0.0981. The van der Waals surface area contributed by atoms with E-state index in [1.165, 1.54) is 12.1 Å². The number of nitrogens with zero attached hydrogens (tertiary/aromatic N) is 2. The number of aryl methyl sites for hydroxylation is 2. The Kier molecular flexibility index (Phi) is 4.55. The van der Waals surface area contributed by atoms with Crippen molar-refractivity contribution >= 4 is 17.4 Å². The molecule has 5 heteroatoms. The standard InChI is InChI=1S/C15H16ClFN2O/c1-3-10-8-14(19(4-2)18-10)15(20)9-11-12(16)6-5-7-13(11)17/h5-8H,3-4,9H2,1-2H3. The molecular formula is C15H16ClFN2O. The second kappa shape index (κ2) is 6.18. The summed E-state index contributed by atoms with van der Waals surface area (Å²) in [5, 5.41) is 4.60. The summed E-state index contributed by atoms with van der Waals surface area (Å²) in [6.07, 6.45) is 0.702. The molecule has 0 unspecified atom stereocenters. The van der Waals surface area contributed by atoms with E-state index in [9.17, 15) is 9.18 Å². The topological polar surface area (TPSA) is 34.9 Å². The molecule has 1 aromatic carbocycles. The first-order chi connectivity index (χ1) is 9.56. The SMILES string of the molecule is CCc1cc(C(=O)Cc2c(F)cccc2Cl)n(CC)n1. The number of aromatic nitrogens is 2. The average molecular weight is 295 g/mol. The number of hydrogen-bond acceptors (Lipinski definition) is 2. The number of ketones is 1. The van der Waals surface area contributed by atoms with Crippen molar-refractivity contribution in [2.24, 2.45) is 0 Å². The Hall–Kier alpha value is -1.68. The average Bonchev–Trinajstić information content (AvgIpc) is 2.86. The molecule has 0 spiro atoms. The largest absolute Gasteiger partial charge is 0.292 e. The van der Waals surface area contributed by atoms with Crippen LogP contribution in [0.15, 0.2) is 24.3 Å². The first-order valence-electron chi connectivity index (χ1n) is 6.59. The number of rotatable bonds is 5. The summed E-state index contributed by atoms with van der Waals surface area (Å²) in [7, 11) is 0. The van der Waals surface area contributed by atoms with Crippen molar-refractivity contribution in [3.05, 3.63) is 52.1 Å². The van der Waals surface area contributed by atoms with Gasteiger partial charge in [0.2, 0.25) is 0 Å². The van der Waals surface area contributed by atoms with Crippen LogP contribution in [0.2, 0.25) is 5.02 Å². The van der Waals surface area contributed by atoms with E-state index >= 15 is 0 Å². The van der Waals surface area contributed by atoms with Crippen molar-refractivity contribution in [1.29, 1.82) is 0 Å². The molecule has 0 aliphatic heterocycles. The predicted octanol–water partition coefficient (Wildman–Crippen LogP) is 3.68. The second-order valence-electron chi connectivity index (χ2n) is 4.49. The highest BCUT2D eigenvalue weighted by molar-refractivity contribution is 6.31. The third-order valence-electron chi connectivity index (χ3n) is 3.18. The van der Waals surface area contributed by atoms with Gasteiger partial charge in [0.05, 0.1) is 5.69 Å². The zero-order chi connectivity index (χ0) is 14.7. The van der Waals surface area contributed by atoms with Gasteiger partial charge in [0, 0.05) is 23.6 Å². The van der Waals surface area contributed by atoms with Crippen molar-refractivity contribution in [2.45, 2.75) is 33.2 Å². The van der Waals surface area contributed by atoms with Crippen molar-refractivity contribution in [2.75, 3.05) is 0 Å². The lowest BCUT2D eigenvalue weighted by Gasteiger charge is -2.06. The molecular weight excluding hydrogens is 279 g/mol. The Morgan fingerprint density at radius 2 is 2.15 bits per heavy atom. The molecule has 0 saturated carbocycles. The van der Waals surface area contributed by atoms with Crippen LogP contribution < -0.4 is 0 Å². The van der Waals surface area contributed by atoms with E-state index in [1.807, 2.05) is 13.8 Å². The van der Waals surface area contributed by atoms with Crippen LogP contribution in [0.5, 0.6) is 0 Å². The summed E-state index contributed by atoms with van der Waals surface area (Å²) in [6, 6.07) is 6.18. The fourth-order valence-corrected chi connectivity index (χ4v) is 2.29. The molecule has 0 atom stereocenters. The lowest BCUT2D eigenvalue weighted by Crippen LogP contribution is -2.12. The smallest absolute Gasteiger partial charge is 0.185 e. The Balaban J connectivity index is 2.30. The third kappa shape index (κ3) is 2.90. The highest BCUT2D eigenvalue weighted by atomic mass is 35.5. The lowest BCUT2D eigenvalue weighted by atomic mass is 10.1. The number of benzene rings is 1. The molecule has 20 heavy (non-hydrogen) atoms. The molecule has 2 rings (SSSR count). The van der Waals surface area contributed by atoms with Crippen molar-refractivity contribution in [3.63, 3.8) is 0 Å². The van der Waals surface area contributed by atoms with E-state index in [0.29, 0.717) is 12.2 Å². The Labute approximate surface area is 122 Å². The van der Waals surface area contributed by atoms with Crippen LogP contribution in [-0.4, -0.2) is 15.6 Å². The molecule has 0 aliphatic carbocycles. The quantitative estimate of drug-likeness (QED) is 0.788. The minimum Gasteiger partial charge on any atom is -0.292 e. The van der Waals surface area contributed by atoms with E-state index in [0.717, 1.165) is 12.1 Å². The van der Waals surface area contributed by atoms with Gasteiger partial charge in [-0.3, -0.25) is 9.48 Å². The van der Waals surface area contributed by atoms with Gasteiger partial charge in [-0.25, -0.2) is 4.39 Å². The van der Waals surface area contributed by atoms with E-state index in [4.69, 9.17) is 11.6 Å². The Morgan fingerprint density at radius 3 is 2.75 bits per heavy atom. The molecule has 2 aromatic rings. The number of hydrogen-bond donors (Lipinski definition) is 0. The monoisotopic (exact) mass is 294 g/mol. The molecule has 0 fully saturated rings. The number of carbonyl (C=O) groups excluding carboxylic acids is 1. The van der Waals surface area contributed by atoms with Crippen LogP contribution in [0.4, 0.5) is 4.39 Å². The summed E-state index contributed by atoms with van der Waals surface area (Å²) >= 11 is 5.95. The van der Waals surface area contributed by atoms with Gasteiger partial charge in [-0.05, 0) is 31.5 Å². The van der Waals surface area contributed by atoms with Gasteiger partial charge in [-0.1, -0.05) is 24.6 Å². The Bertz CT molecular complexity index is 617. The van der Waals surface area contributed by atoms with Crippen LogP contribution in [0.25, 0.3) is 0 Å². The maximum Gasteiger partial charge on any atom is 0.185 e. The minimum absolute atomic E-state index is 0.0552. The molecule has 0 amide bonds. The fourth-order valence-electron chi connectivity index (χ4n) is 2.06. The molecule has 1 aromatic heterocycles. The van der Waals surface area contributed by atoms with Gasteiger partial charge < -0.3 is 0 Å². The van der Waals surface area contributed by atoms with Crippen LogP contribution >= 0.6 is 11.6 Å². The molecule has 3 nitrogen and oxygen atoms in total. The molecule has 0 aliphatic rings. The van der Waals surface area contributed by atoms with Gasteiger partial charge in [0.1, 0.15) is 11.5 Å². The van der Waals surface area contributed by atoms with Gasteiger partial charge in [0.25, 0.3) is 0 Å². The predicted molar refractivity (Wildman–Crippen MR) is 76.7 cm³/mol. The number of halogens is 2. The molecule has 0 N–H and O–H groups in total. The molecule has 0 bridgehead atoms. The van der Waals surface area contributed by atoms with Crippen LogP contribution in [-0.2, 0) is 19.4 Å². The first kappa shape index (κ1) is 14.7. The Morgan fingerprint density at radius 1 is 1.40 bits per heavy atom. The number of carbonyl (C=O) groups is 1. The van der Waals surface area contributed by atoms with E-state index in [1.54, 1.807) is 16.8 Å². The normalized spacial score (nSPS) is 10.8. The summed E-state index contributed by atoms with van der Waals surface area (Å²) in [6.45, 7) is 4.50. The summed E-state index contributed by atoms with van der Waals surface area (Å²) in [5.41, 5.74) is 1.60. The zero-order valence-corrected chi connectivity index (χ0v) is 12.2. The number of Topliss-reactive ketones (excluding diaryl/α,β-unsaturated/α-hetero) is 1. The highest BCUT2D eigenvalue weighted by Crippen LogP contribution is 2.21. The molecule has 1 heterocycles.